The van der Waals surface area contributed by atoms with Crippen LogP contribution < -0.4 is 15.5 Å². The summed E-state index contributed by atoms with van der Waals surface area (Å²) in [6.07, 6.45) is 2.69. The van der Waals surface area contributed by atoms with Gasteiger partial charge in [0.1, 0.15) is 5.82 Å². The zero-order valence-corrected chi connectivity index (χ0v) is 23.6. The number of urea groups is 1. The Kier molecular flexibility index (Phi) is 8.16. The maximum atomic E-state index is 13.2. The van der Waals surface area contributed by atoms with E-state index in [0.717, 1.165) is 84.7 Å². The molecule has 1 saturated heterocycles. The highest BCUT2D eigenvalue weighted by atomic mass is 16.5. The molecule has 3 N–H and O–H groups in total. The van der Waals surface area contributed by atoms with Gasteiger partial charge in [0.05, 0.1) is 18.9 Å². The van der Waals surface area contributed by atoms with Crippen LogP contribution in [0.15, 0.2) is 78.9 Å². The lowest BCUT2D eigenvalue weighted by Gasteiger charge is -2.36. The number of amides is 2. The molecular formula is C34H38N4O3. The maximum absolute atomic E-state index is 13.2. The number of carbonyl (C=O) groups is 1. The van der Waals surface area contributed by atoms with Gasteiger partial charge in [0.15, 0.2) is 0 Å². The van der Waals surface area contributed by atoms with Crippen molar-refractivity contribution in [3.05, 3.63) is 90.1 Å². The van der Waals surface area contributed by atoms with Gasteiger partial charge in [-0.15, -0.1) is 0 Å². The highest BCUT2D eigenvalue weighted by Crippen LogP contribution is 2.37. The molecule has 0 spiro atoms. The molecule has 4 aromatic rings. The lowest BCUT2D eigenvalue weighted by Crippen LogP contribution is -2.46. The first-order valence-electron chi connectivity index (χ1n) is 14.7. The third-order valence-corrected chi connectivity index (χ3v) is 8.67. The summed E-state index contributed by atoms with van der Waals surface area (Å²) in [6, 6.07) is 26.6. The van der Waals surface area contributed by atoms with E-state index in [1.807, 2.05) is 30.3 Å². The predicted octanol–water partition coefficient (Wildman–Crippen LogP) is 6.11. The van der Waals surface area contributed by atoms with Crippen molar-refractivity contribution in [2.45, 2.75) is 38.1 Å². The first-order chi connectivity index (χ1) is 20.1. The molecule has 1 aliphatic heterocycles. The van der Waals surface area contributed by atoms with Crippen molar-refractivity contribution in [3.8, 4) is 11.1 Å². The average molecular weight is 551 g/mol. The van der Waals surface area contributed by atoms with Crippen LogP contribution in [0.25, 0.3) is 21.9 Å². The fraction of sp³-hybridized carbons (Fsp3) is 0.353. The maximum Gasteiger partial charge on any atom is 0.319 e. The molecule has 212 valence electrons. The second-order valence-corrected chi connectivity index (χ2v) is 11.2. The number of morpholine rings is 1. The highest BCUT2D eigenvalue weighted by molar-refractivity contribution is 6.07. The first kappa shape index (κ1) is 27.2. The topological polar surface area (TPSA) is 86.7 Å². The van der Waals surface area contributed by atoms with Crippen LogP contribution in [0.5, 0.6) is 0 Å². The van der Waals surface area contributed by atoms with Crippen LogP contribution in [-0.4, -0.2) is 55.1 Å². The van der Waals surface area contributed by atoms with E-state index in [4.69, 9.17) is 9.72 Å². The predicted molar refractivity (Wildman–Crippen MR) is 165 cm³/mol. The first-order valence-corrected chi connectivity index (χ1v) is 14.7. The van der Waals surface area contributed by atoms with Gasteiger partial charge in [-0.25, -0.2) is 9.78 Å². The van der Waals surface area contributed by atoms with Crippen molar-refractivity contribution in [1.29, 1.82) is 0 Å². The molecule has 3 aromatic carbocycles. The van der Waals surface area contributed by atoms with Crippen LogP contribution in [0.4, 0.5) is 16.3 Å². The number of aliphatic hydroxyl groups excluding tert-OH is 1. The van der Waals surface area contributed by atoms with Gasteiger partial charge < -0.3 is 25.4 Å². The fourth-order valence-electron chi connectivity index (χ4n) is 6.45. The summed E-state index contributed by atoms with van der Waals surface area (Å²) in [4.78, 5) is 20.4. The fourth-order valence-corrected chi connectivity index (χ4v) is 6.45. The monoisotopic (exact) mass is 550 g/mol. The lowest BCUT2D eigenvalue weighted by atomic mass is 9.75. The number of hydrogen-bond acceptors (Lipinski definition) is 5. The van der Waals surface area contributed by atoms with Gasteiger partial charge in [0.25, 0.3) is 0 Å². The van der Waals surface area contributed by atoms with E-state index in [9.17, 15) is 9.90 Å². The molecule has 0 radical (unpaired) electrons. The number of aliphatic hydroxyl groups is 1. The highest BCUT2D eigenvalue weighted by Gasteiger charge is 2.32. The Morgan fingerprint density at radius 2 is 1.66 bits per heavy atom. The molecule has 2 heterocycles. The number of fused-ring (bicyclic) bond motifs is 1. The number of rotatable bonds is 6. The third kappa shape index (κ3) is 5.92. The number of nitrogens with one attached hydrogen (secondary N) is 2. The van der Waals surface area contributed by atoms with E-state index in [2.05, 4.69) is 71.0 Å². The van der Waals surface area contributed by atoms with Crippen molar-refractivity contribution in [3.63, 3.8) is 0 Å². The number of aromatic nitrogens is 1. The Hall–Kier alpha value is -3.94. The molecule has 7 heteroatoms. The molecule has 1 saturated carbocycles. The number of pyridine rings is 1. The zero-order chi connectivity index (χ0) is 28.2. The van der Waals surface area contributed by atoms with Crippen LogP contribution in [0.3, 0.4) is 0 Å². The van der Waals surface area contributed by atoms with Crippen LogP contribution in [0.2, 0.25) is 0 Å². The number of benzene rings is 3. The van der Waals surface area contributed by atoms with Crippen LogP contribution >= 0.6 is 0 Å². The van der Waals surface area contributed by atoms with Crippen molar-refractivity contribution in [2.24, 2.45) is 5.92 Å². The second kappa shape index (κ2) is 12.3. The number of hydrogen-bond donors (Lipinski definition) is 3. The second-order valence-electron chi connectivity index (χ2n) is 11.2. The molecule has 7 nitrogen and oxygen atoms in total. The largest absolute Gasteiger partial charge is 0.396 e. The summed E-state index contributed by atoms with van der Waals surface area (Å²) in [7, 11) is 0. The molecule has 2 fully saturated rings. The Labute approximate surface area is 241 Å². The van der Waals surface area contributed by atoms with Gasteiger partial charge in [-0.3, -0.25) is 0 Å². The van der Waals surface area contributed by atoms with E-state index in [1.165, 1.54) is 5.56 Å². The molecule has 2 aliphatic rings. The Morgan fingerprint density at radius 1 is 0.927 bits per heavy atom. The molecule has 3 unspecified atom stereocenters. The molecule has 2 amide bonds. The van der Waals surface area contributed by atoms with Gasteiger partial charge in [-0.1, -0.05) is 60.7 Å². The molecular weight excluding hydrogens is 512 g/mol. The zero-order valence-electron chi connectivity index (χ0n) is 23.6. The Bertz CT molecular complexity index is 1500. The third-order valence-electron chi connectivity index (χ3n) is 8.67. The molecule has 0 bridgehead atoms. The SMILES string of the molecule is Cc1nc(N2CCOCC2)ccc1-c1ccc(NC(=O)NC2CCC(c3ccccc3)CC2CO)c2ccccc12. The summed E-state index contributed by atoms with van der Waals surface area (Å²) in [5, 5.41) is 18.4. The average Bonchev–Trinajstić information content (AvgIpc) is 3.02. The van der Waals surface area contributed by atoms with Gasteiger partial charge in [-0.05, 0) is 66.8 Å². The standard InChI is InChI=1S/C34H38N4O3/c1-23-27(13-16-33(35-23)38-17-19-41-20-18-38)29-12-15-32(30-10-6-5-9-28(29)30)37-34(40)36-31-14-11-25(21-26(31)22-39)24-7-3-2-4-8-24/h2-10,12-13,15-16,25-26,31,39H,11,14,17-22H2,1H3,(H2,36,37,40). The van der Waals surface area contributed by atoms with Crippen molar-refractivity contribution < 1.29 is 14.6 Å². The van der Waals surface area contributed by atoms with Crippen LogP contribution in [0.1, 0.15) is 36.4 Å². The summed E-state index contributed by atoms with van der Waals surface area (Å²) in [5.74, 6) is 1.41. The van der Waals surface area contributed by atoms with E-state index in [-0.39, 0.29) is 24.6 Å². The van der Waals surface area contributed by atoms with Crippen molar-refractivity contribution >= 4 is 28.3 Å². The van der Waals surface area contributed by atoms with Crippen molar-refractivity contribution in [2.75, 3.05) is 43.1 Å². The minimum atomic E-state index is -0.239. The number of aryl methyl sites for hydroxylation is 1. The van der Waals surface area contributed by atoms with E-state index < -0.39 is 0 Å². The minimum absolute atomic E-state index is 0.0229. The van der Waals surface area contributed by atoms with Crippen LogP contribution in [0, 0.1) is 12.8 Å². The summed E-state index contributed by atoms with van der Waals surface area (Å²) >= 11 is 0. The summed E-state index contributed by atoms with van der Waals surface area (Å²) in [5.41, 5.74) is 5.20. The lowest BCUT2D eigenvalue weighted by molar-refractivity contribution is 0.122. The van der Waals surface area contributed by atoms with Crippen molar-refractivity contribution in [1.82, 2.24) is 10.3 Å². The summed E-state index contributed by atoms with van der Waals surface area (Å²) < 4.78 is 5.49. The normalized spacial score (nSPS) is 21.0. The van der Waals surface area contributed by atoms with E-state index >= 15 is 0 Å². The van der Waals surface area contributed by atoms with E-state index in [0.29, 0.717) is 5.92 Å². The summed E-state index contributed by atoms with van der Waals surface area (Å²) in [6.45, 7) is 5.27. The number of carbonyl (C=O) groups excluding carboxylic acids is 1. The molecule has 41 heavy (non-hydrogen) atoms. The molecule has 1 aliphatic carbocycles. The number of nitrogens with zero attached hydrogens (tertiary/aromatic N) is 2. The molecule has 1 aromatic heterocycles. The minimum Gasteiger partial charge on any atom is -0.396 e. The van der Waals surface area contributed by atoms with Gasteiger partial charge >= 0.3 is 6.03 Å². The Morgan fingerprint density at radius 3 is 2.41 bits per heavy atom. The Balaban J connectivity index is 1.18. The van der Waals surface area contributed by atoms with Gasteiger partial charge in [0, 0.05) is 48.3 Å². The number of anilines is 2. The molecule has 6 rings (SSSR count). The smallest absolute Gasteiger partial charge is 0.319 e. The number of ether oxygens (including phenoxy) is 1. The quantitative estimate of drug-likeness (QED) is 0.270. The molecule has 3 atom stereocenters. The van der Waals surface area contributed by atoms with E-state index in [1.54, 1.807) is 0 Å². The van der Waals surface area contributed by atoms with Gasteiger partial charge in [0.2, 0.25) is 0 Å². The van der Waals surface area contributed by atoms with Gasteiger partial charge in [-0.2, -0.15) is 0 Å². The van der Waals surface area contributed by atoms with Crippen LogP contribution in [-0.2, 0) is 4.74 Å².